The zero-order valence-electron chi connectivity index (χ0n) is 10.2. The van der Waals surface area contributed by atoms with Gasteiger partial charge in [0.05, 0.1) is 5.69 Å². The van der Waals surface area contributed by atoms with Crippen LogP contribution in [0.2, 0.25) is 0 Å². The first-order valence-electron chi connectivity index (χ1n) is 5.91. The van der Waals surface area contributed by atoms with Crippen LogP contribution in [0.5, 0.6) is 0 Å². The van der Waals surface area contributed by atoms with E-state index in [0.29, 0.717) is 17.3 Å². The molecule has 1 unspecified atom stereocenters. The highest BCUT2D eigenvalue weighted by Gasteiger charge is 2.16. The van der Waals surface area contributed by atoms with Gasteiger partial charge in [0.25, 0.3) is 0 Å². The molecule has 2 N–H and O–H groups in total. The number of nitrogens with zero attached hydrogens (tertiary/aromatic N) is 3. The van der Waals surface area contributed by atoms with E-state index in [-0.39, 0.29) is 0 Å². The van der Waals surface area contributed by atoms with Crippen LogP contribution in [0.1, 0.15) is 23.2 Å². The summed E-state index contributed by atoms with van der Waals surface area (Å²) < 4.78 is 0. The van der Waals surface area contributed by atoms with Crippen molar-refractivity contribution in [2.24, 2.45) is 5.92 Å². The van der Waals surface area contributed by atoms with Gasteiger partial charge in [-0.15, -0.1) is 5.10 Å². The van der Waals surface area contributed by atoms with Crippen molar-refractivity contribution in [3.05, 3.63) is 16.8 Å². The standard InChI is InChI=1S/C12H17N5/c1-8-9(2)16-17-12(11(8)5-13)15-7-10-3-4-14-6-10/h10,14H,3-4,6-7H2,1-2H3,(H,15,17). The third-order valence-corrected chi connectivity index (χ3v) is 3.29. The van der Waals surface area contributed by atoms with Crippen molar-refractivity contribution < 1.29 is 0 Å². The van der Waals surface area contributed by atoms with Gasteiger partial charge in [-0.25, -0.2) is 0 Å². The molecular weight excluding hydrogens is 214 g/mol. The molecule has 1 fully saturated rings. The quantitative estimate of drug-likeness (QED) is 0.811. The topological polar surface area (TPSA) is 73.6 Å². The Morgan fingerprint density at radius 3 is 2.94 bits per heavy atom. The maximum atomic E-state index is 9.15. The summed E-state index contributed by atoms with van der Waals surface area (Å²) in [5, 5.41) is 23.8. The molecule has 5 nitrogen and oxygen atoms in total. The van der Waals surface area contributed by atoms with Gasteiger partial charge in [-0.2, -0.15) is 10.4 Å². The monoisotopic (exact) mass is 231 g/mol. The van der Waals surface area contributed by atoms with Gasteiger partial charge < -0.3 is 10.6 Å². The molecule has 0 spiro atoms. The predicted octanol–water partition coefficient (Wildman–Crippen LogP) is 0.987. The first kappa shape index (κ1) is 11.8. The minimum absolute atomic E-state index is 0.613. The molecule has 1 aliphatic heterocycles. The highest BCUT2D eigenvalue weighted by molar-refractivity contribution is 5.55. The summed E-state index contributed by atoms with van der Waals surface area (Å²) in [6.07, 6.45) is 1.17. The molecule has 0 aliphatic carbocycles. The van der Waals surface area contributed by atoms with Gasteiger partial charge in [0.15, 0.2) is 5.82 Å². The van der Waals surface area contributed by atoms with Crippen molar-refractivity contribution >= 4 is 5.82 Å². The Labute approximate surface area is 101 Å². The number of rotatable bonds is 3. The molecule has 1 aliphatic rings. The maximum absolute atomic E-state index is 9.15. The summed E-state index contributed by atoms with van der Waals surface area (Å²) in [7, 11) is 0. The lowest BCUT2D eigenvalue weighted by Crippen LogP contribution is -2.19. The normalized spacial score (nSPS) is 19.0. The molecule has 1 aromatic rings. The van der Waals surface area contributed by atoms with E-state index in [2.05, 4.69) is 26.9 Å². The number of nitriles is 1. The molecule has 0 saturated carbocycles. The summed E-state index contributed by atoms with van der Waals surface area (Å²) in [5.41, 5.74) is 2.34. The number of nitrogens with one attached hydrogen (secondary N) is 2. The van der Waals surface area contributed by atoms with Crippen LogP contribution in [-0.2, 0) is 0 Å². The van der Waals surface area contributed by atoms with E-state index in [1.807, 2.05) is 13.8 Å². The zero-order valence-corrected chi connectivity index (χ0v) is 10.2. The first-order chi connectivity index (χ1) is 8.22. The van der Waals surface area contributed by atoms with Crippen molar-refractivity contribution in [2.45, 2.75) is 20.3 Å². The van der Waals surface area contributed by atoms with E-state index >= 15 is 0 Å². The minimum atomic E-state index is 0.613. The fraction of sp³-hybridized carbons (Fsp3) is 0.583. The molecule has 1 atom stereocenters. The lowest BCUT2D eigenvalue weighted by atomic mass is 10.1. The molecular formula is C12H17N5. The van der Waals surface area contributed by atoms with E-state index in [1.165, 1.54) is 6.42 Å². The third-order valence-electron chi connectivity index (χ3n) is 3.29. The predicted molar refractivity (Wildman–Crippen MR) is 65.7 cm³/mol. The van der Waals surface area contributed by atoms with Crippen molar-refractivity contribution in [3.63, 3.8) is 0 Å². The van der Waals surface area contributed by atoms with Crippen LogP contribution in [0.3, 0.4) is 0 Å². The van der Waals surface area contributed by atoms with Crippen molar-refractivity contribution in [3.8, 4) is 6.07 Å². The zero-order chi connectivity index (χ0) is 12.3. The number of hydrogen-bond donors (Lipinski definition) is 2. The SMILES string of the molecule is Cc1nnc(NCC2CCNC2)c(C#N)c1C. The number of anilines is 1. The molecule has 0 radical (unpaired) electrons. The summed E-state index contributed by atoms with van der Waals surface area (Å²) in [6, 6.07) is 2.20. The smallest absolute Gasteiger partial charge is 0.166 e. The van der Waals surface area contributed by atoms with E-state index in [0.717, 1.165) is 30.9 Å². The van der Waals surface area contributed by atoms with Gasteiger partial charge in [-0.1, -0.05) is 0 Å². The molecule has 17 heavy (non-hydrogen) atoms. The fourth-order valence-corrected chi connectivity index (χ4v) is 2.00. The van der Waals surface area contributed by atoms with Crippen molar-refractivity contribution in [1.29, 1.82) is 5.26 Å². The first-order valence-corrected chi connectivity index (χ1v) is 5.91. The Balaban J connectivity index is 2.10. The Morgan fingerprint density at radius 2 is 2.29 bits per heavy atom. The molecule has 5 heteroatoms. The minimum Gasteiger partial charge on any atom is -0.367 e. The van der Waals surface area contributed by atoms with Gasteiger partial charge >= 0.3 is 0 Å². The van der Waals surface area contributed by atoms with Crippen molar-refractivity contribution in [1.82, 2.24) is 15.5 Å². The molecule has 2 heterocycles. The maximum Gasteiger partial charge on any atom is 0.166 e. The van der Waals surface area contributed by atoms with Crippen molar-refractivity contribution in [2.75, 3.05) is 25.0 Å². The molecule has 1 saturated heterocycles. The Bertz CT molecular complexity index is 443. The average Bonchev–Trinajstić information content (AvgIpc) is 2.83. The van der Waals surface area contributed by atoms with Gasteiger partial charge in [0.1, 0.15) is 11.6 Å². The summed E-state index contributed by atoms with van der Waals surface area (Å²) >= 11 is 0. The second-order valence-corrected chi connectivity index (χ2v) is 4.49. The highest BCUT2D eigenvalue weighted by atomic mass is 15.2. The van der Waals surface area contributed by atoms with Crippen LogP contribution in [0.4, 0.5) is 5.82 Å². The van der Waals surface area contributed by atoms with E-state index in [4.69, 9.17) is 5.26 Å². The lowest BCUT2D eigenvalue weighted by molar-refractivity contribution is 0.613. The summed E-state index contributed by atoms with van der Waals surface area (Å²) in [4.78, 5) is 0. The lowest BCUT2D eigenvalue weighted by Gasteiger charge is -2.12. The molecule has 1 aromatic heterocycles. The number of hydrogen-bond acceptors (Lipinski definition) is 5. The van der Waals surface area contributed by atoms with E-state index in [9.17, 15) is 0 Å². The molecule has 0 bridgehead atoms. The summed E-state index contributed by atoms with van der Waals surface area (Å²) in [6.45, 7) is 6.74. The second kappa shape index (κ2) is 5.11. The molecule has 90 valence electrons. The third kappa shape index (κ3) is 2.53. The van der Waals surface area contributed by atoms with Crippen LogP contribution >= 0.6 is 0 Å². The largest absolute Gasteiger partial charge is 0.367 e. The van der Waals surface area contributed by atoms with Crippen LogP contribution in [-0.4, -0.2) is 29.8 Å². The fourth-order valence-electron chi connectivity index (χ4n) is 2.00. The van der Waals surface area contributed by atoms with Crippen LogP contribution in [0, 0.1) is 31.1 Å². The molecule has 0 aromatic carbocycles. The molecule has 2 rings (SSSR count). The molecule has 0 amide bonds. The van der Waals surface area contributed by atoms with Crippen LogP contribution in [0.25, 0.3) is 0 Å². The Morgan fingerprint density at radius 1 is 1.47 bits per heavy atom. The number of aryl methyl sites for hydroxylation is 1. The van der Waals surface area contributed by atoms with E-state index < -0.39 is 0 Å². The Hall–Kier alpha value is -1.67. The highest BCUT2D eigenvalue weighted by Crippen LogP contribution is 2.18. The van der Waals surface area contributed by atoms with Crippen LogP contribution in [0.15, 0.2) is 0 Å². The summed E-state index contributed by atoms with van der Waals surface area (Å²) in [5.74, 6) is 1.23. The van der Waals surface area contributed by atoms with Gasteiger partial charge in [-0.05, 0) is 44.8 Å². The average molecular weight is 231 g/mol. The van der Waals surface area contributed by atoms with Gasteiger partial charge in [-0.3, -0.25) is 0 Å². The van der Waals surface area contributed by atoms with Crippen LogP contribution < -0.4 is 10.6 Å². The van der Waals surface area contributed by atoms with Gasteiger partial charge in [0.2, 0.25) is 0 Å². The number of aromatic nitrogens is 2. The van der Waals surface area contributed by atoms with E-state index in [1.54, 1.807) is 0 Å². The second-order valence-electron chi connectivity index (χ2n) is 4.49. The van der Waals surface area contributed by atoms with Gasteiger partial charge in [0, 0.05) is 6.54 Å². The Kier molecular flexibility index (Phi) is 3.55.